The van der Waals surface area contributed by atoms with Crippen molar-refractivity contribution in [1.82, 2.24) is 9.78 Å². The summed E-state index contributed by atoms with van der Waals surface area (Å²) in [5, 5.41) is 13.3. The van der Waals surface area contributed by atoms with Gasteiger partial charge in [0.15, 0.2) is 0 Å². The first kappa shape index (κ1) is 8.27. The third-order valence-electron chi connectivity index (χ3n) is 1.52. The maximum absolute atomic E-state index is 9.04. The van der Waals surface area contributed by atoms with E-state index in [1.807, 2.05) is 23.9 Å². The molecule has 62 valence electrons. The van der Waals surface area contributed by atoms with Gasteiger partial charge in [-0.25, -0.2) is 0 Å². The maximum atomic E-state index is 9.04. The van der Waals surface area contributed by atoms with Crippen LogP contribution in [0.15, 0.2) is 12.3 Å². The number of aliphatic hydroxyl groups is 1. The van der Waals surface area contributed by atoms with Crippen LogP contribution in [0.25, 0.3) is 0 Å². The topological polar surface area (TPSA) is 38.0 Å². The molecule has 0 saturated heterocycles. The minimum absolute atomic E-state index is 0.296. The lowest BCUT2D eigenvalue weighted by Gasteiger charge is -1.98. The van der Waals surface area contributed by atoms with Crippen LogP contribution in [-0.4, -0.2) is 21.0 Å². The summed E-state index contributed by atoms with van der Waals surface area (Å²) >= 11 is 0. The molecule has 0 radical (unpaired) electrons. The lowest BCUT2D eigenvalue weighted by Crippen LogP contribution is -2.05. The second kappa shape index (κ2) is 3.53. The highest BCUT2D eigenvalue weighted by atomic mass is 16.3. The van der Waals surface area contributed by atoms with Gasteiger partial charge in [-0.3, -0.25) is 4.68 Å². The van der Waals surface area contributed by atoms with Gasteiger partial charge in [-0.05, 0) is 19.9 Å². The molecule has 0 amide bonds. The Morgan fingerprint density at radius 3 is 2.91 bits per heavy atom. The zero-order valence-corrected chi connectivity index (χ0v) is 6.99. The van der Waals surface area contributed by atoms with Gasteiger partial charge in [-0.2, -0.15) is 5.10 Å². The van der Waals surface area contributed by atoms with E-state index in [1.54, 1.807) is 6.92 Å². The predicted octanol–water partition coefficient (Wildman–Crippen LogP) is 0.826. The molecule has 1 aromatic heterocycles. The van der Waals surface area contributed by atoms with Gasteiger partial charge in [0, 0.05) is 19.2 Å². The molecule has 0 fully saturated rings. The summed E-state index contributed by atoms with van der Waals surface area (Å²) < 4.78 is 1.86. The highest BCUT2D eigenvalue weighted by Crippen LogP contribution is 1.99. The molecule has 1 atom stereocenters. The van der Waals surface area contributed by atoms with Crippen molar-refractivity contribution in [3.8, 4) is 0 Å². The molecule has 1 N–H and O–H groups in total. The number of rotatable bonds is 3. The molecule has 1 rings (SSSR count). The van der Waals surface area contributed by atoms with E-state index in [2.05, 4.69) is 5.10 Å². The number of hydrogen-bond acceptors (Lipinski definition) is 2. The van der Waals surface area contributed by atoms with Gasteiger partial charge in [-0.1, -0.05) is 0 Å². The standard InChI is InChI=1S/C8H14N2O/c1-3-10-5-4-8(9-10)6-7(2)11/h4-5,7,11H,3,6H2,1-2H3/t7-/m0/s1. The molecule has 0 aliphatic rings. The number of nitrogens with zero attached hydrogens (tertiary/aromatic N) is 2. The summed E-state index contributed by atoms with van der Waals surface area (Å²) in [6.45, 7) is 4.70. The number of aryl methyl sites for hydroxylation is 1. The number of aromatic nitrogens is 2. The Labute approximate surface area is 66.7 Å². The third kappa shape index (κ3) is 2.35. The highest BCUT2D eigenvalue weighted by Gasteiger charge is 2.01. The predicted molar refractivity (Wildman–Crippen MR) is 43.3 cm³/mol. The van der Waals surface area contributed by atoms with Crippen molar-refractivity contribution in [3.05, 3.63) is 18.0 Å². The van der Waals surface area contributed by atoms with Crippen LogP contribution in [0.2, 0.25) is 0 Å². The van der Waals surface area contributed by atoms with E-state index in [1.165, 1.54) is 0 Å². The van der Waals surface area contributed by atoms with Gasteiger partial charge in [0.05, 0.1) is 11.8 Å². The number of aliphatic hydroxyl groups excluding tert-OH is 1. The van der Waals surface area contributed by atoms with E-state index in [0.717, 1.165) is 12.2 Å². The molecule has 3 nitrogen and oxygen atoms in total. The average molecular weight is 154 g/mol. The van der Waals surface area contributed by atoms with E-state index in [0.29, 0.717) is 6.42 Å². The van der Waals surface area contributed by atoms with Crippen molar-refractivity contribution in [2.24, 2.45) is 0 Å². The van der Waals surface area contributed by atoms with Crippen molar-refractivity contribution in [2.75, 3.05) is 0 Å². The molecule has 0 unspecified atom stereocenters. The zero-order valence-electron chi connectivity index (χ0n) is 6.99. The van der Waals surface area contributed by atoms with Gasteiger partial charge in [0.1, 0.15) is 0 Å². The Bertz CT molecular complexity index is 218. The summed E-state index contributed by atoms with van der Waals surface area (Å²) in [6, 6.07) is 1.94. The monoisotopic (exact) mass is 154 g/mol. The molecule has 1 heterocycles. The van der Waals surface area contributed by atoms with Crippen LogP contribution < -0.4 is 0 Å². The molecular weight excluding hydrogens is 140 g/mol. The molecule has 1 aromatic rings. The average Bonchev–Trinajstić information content (AvgIpc) is 2.34. The van der Waals surface area contributed by atoms with E-state index in [4.69, 9.17) is 5.11 Å². The Kier molecular flexibility index (Phi) is 2.65. The van der Waals surface area contributed by atoms with Crippen LogP contribution >= 0.6 is 0 Å². The van der Waals surface area contributed by atoms with Crippen molar-refractivity contribution in [2.45, 2.75) is 32.9 Å². The van der Waals surface area contributed by atoms with Gasteiger partial charge in [0.2, 0.25) is 0 Å². The second-order valence-electron chi connectivity index (χ2n) is 2.72. The Hall–Kier alpha value is -0.830. The summed E-state index contributed by atoms with van der Waals surface area (Å²) in [7, 11) is 0. The fourth-order valence-electron chi connectivity index (χ4n) is 0.991. The van der Waals surface area contributed by atoms with E-state index >= 15 is 0 Å². The van der Waals surface area contributed by atoms with Gasteiger partial charge >= 0.3 is 0 Å². The van der Waals surface area contributed by atoms with Gasteiger partial charge in [0.25, 0.3) is 0 Å². The second-order valence-corrected chi connectivity index (χ2v) is 2.72. The fraction of sp³-hybridized carbons (Fsp3) is 0.625. The Morgan fingerprint density at radius 2 is 2.45 bits per heavy atom. The molecule has 11 heavy (non-hydrogen) atoms. The summed E-state index contributed by atoms with van der Waals surface area (Å²) in [4.78, 5) is 0. The Balaban J connectivity index is 2.58. The first-order valence-electron chi connectivity index (χ1n) is 3.92. The summed E-state index contributed by atoms with van der Waals surface area (Å²) in [5.41, 5.74) is 0.960. The molecule has 0 aliphatic heterocycles. The number of hydrogen-bond donors (Lipinski definition) is 1. The molecule has 3 heteroatoms. The first-order valence-corrected chi connectivity index (χ1v) is 3.92. The SMILES string of the molecule is CCn1ccc(C[C@H](C)O)n1. The van der Waals surface area contributed by atoms with E-state index < -0.39 is 0 Å². The molecular formula is C8H14N2O. The summed E-state index contributed by atoms with van der Waals surface area (Å²) in [6.07, 6.45) is 2.28. The largest absolute Gasteiger partial charge is 0.393 e. The molecule has 0 aliphatic carbocycles. The van der Waals surface area contributed by atoms with Crippen molar-refractivity contribution in [3.63, 3.8) is 0 Å². The molecule has 0 saturated carbocycles. The van der Waals surface area contributed by atoms with Crippen LogP contribution in [0, 0.1) is 0 Å². The summed E-state index contributed by atoms with van der Waals surface area (Å²) in [5.74, 6) is 0. The minimum Gasteiger partial charge on any atom is -0.393 e. The van der Waals surface area contributed by atoms with Gasteiger partial charge in [-0.15, -0.1) is 0 Å². The lowest BCUT2D eigenvalue weighted by molar-refractivity contribution is 0.194. The molecule has 0 bridgehead atoms. The minimum atomic E-state index is -0.296. The van der Waals surface area contributed by atoms with Crippen LogP contribution in [0.4, 0.5) is 0 Å². The molecule has 0 aromatic carbocycles. The maximum Gasteiger partial charge on any atom is 0.0650 e. The van der Waals surface area contributed by atoms with Crippen molar-refractivity contribution in [1.29, 1.82) is 0 Å². The van der Waals surface area contributed by atoms with Crippen LogP contribution in [0.5, 0.6) is 0 Å². The van der Waals surface area contributed by atoms with Crippen molar-refractivity contribution < 1.29 is 5.11 Å². The van der Waals surface area contributed by atoms with Crippen LogP contribution in [-0.2, 0) is 13.0 Å². The lowest BCUT2D eigenvalue weighted by atomic mass is 10.2. The zero-order chi connectivity index (χ0) is 8.27. The smallest absolute Gasteiger partial charge is 0.0650 e. The first-order chi connectivity index (χ1) is 5.22. The van der Waals surface area contributed by atoms with E-state index in [-0.39, 0.29) is 6.10 Å². The normalized spacial score (nSPS) is 13.4. The van der Waals surface area contributed by atoms with Gasteiger partial charge < -0.3 is 5.11 Å². The van der Waals surface area contributed by atoms with E-state index in [9.17, 15) is 0 Å². The quantitative estimate of drug-likeness (QED) is 0.700. The Morgan fingerprint density at radius 1 is 1.73 bits per heavy atom. The molecule has 0 spiro atoms. The van der Waals surface area contributed by atoms with Crippen LogP contribution in [0.3, 0.4) is 0 Å². The highest BCUT2D eigenvalue weighted by molar-refractivity contribution is 4.99. The van der Waals surface area contributed by atoms with Crippen LogP contribution in [0.1, 0.15) is 19.5 Å². The van der Waals surface area contributed by atoms with Crippen molar-refractivity contribution >= 4 is 0 Å². The fourth-order valence-corrected chi connectivity index (χ4v) is 0.991. The third-order valence-corrected chi connectivity index (χ3v) is 1.52.